The summed E-state index contributed by atoms with van der Waals surface area (Å²) in [6.07, 6.45) is 2.85. The van der Waals surface area contributed by atoms with Gasteiger partial charge in [0.05, 0.1) is 18.4 Å². The highest BCUT2D eigenvalue weighted by molar-refractivity contribution is 6.31. The molecule has 2 aromatic heterocycles. The van der Waals surface area contributed by atoms with E-state index in [4.69, 9.17) is 11.6 Å². The number of hydrogen-bond acceptors (Lipinski definition) is 3. The lowest BCUT2D eigenvalue weighted by molar-refractivity contribution is 0.595. The summed E-state index contributed by atoms with van der Waals surface area (Å²) in [6.45, 7) is 0.00377. The molecule has 7 heteroatoms. The molecule has 0 radical (unpaired) electrons. The number of fused-ring (bicyclic) bond motifs is 1. The molecule has 0 spiro atoms. The quantitative estimate of drug-likeness (QED) is 0.566. The van der Waals surface area contributed by atoms with Gasteiger partial charge >= 0.3 is 0 Å². The highest BCUT2D eigenvalue weighted by Crippen LogP contribution is 2.20. The van der Waals surface area contributed by atoms with Gasteiger partial charge in [-0.2, -0.15) is 5.10 Å². The van der Waals surface area contributed by atoms with Crippen LogP contribution in [-0.2, 0) is 6.54 Å². The smallest absolute Gasteiger partial charge is 0.264 e. The fourth-order valence-corrected chi connectivity index (χ4v) is 2.90. The Morgan fingerprint density at radius 3 is 2.64 bits per heavy atom. The zero-order valence-corrected chi connectivity index (χ0v) is 13.7. The molecule has 25 heavy (non-hydrogen) atoms. The SMILES string of the molecule is O=c1c2cnn(-c3ccccc3)c2ncn1Cc1c(F)cccc1Cl. The Labute approximate surface area is 146 Å². The Morgan fingerprint density at radius 2 is 1.88 bits per heavy atom. The van der Waals surface area contributed by atoms with E-state index in [2.05, 4.69) is 10.1 Å². The Morgan fingerprint density at radius 1 is 1.08 bits per heavy atom. The summed E-state index contributed by atoms with van der Waals surface area (Å²) < 4.78 is 16.9. The van der Waals surface area contributed by atoms with Gasteiger partial charge in [-0.3, -0.25) is 9.36 Å². The molecule has 0 aliphatic heterocycles. The van der Waals surface area contributed by atoms with Crippen LogP contribution in [0.3, 0.4) is 0 Å². The van der Waals surface area contributed by atoms with Crippen LogP contribution in [-0.4, -0.2) is 19.3 Å². The van der Waals surface area contributed by atoms with E-state index in [0.29, 0.717) is 11.0 Å². The third kappa shape index (κ3) is 2.70. The highest BCUT2D eigenvalue weighted by Gasteiger charge is 2.14. The lowest BCUT2D eigenvalue weighted by Gasteiger charge is -2.09. The van der Waals surface area contributed by atoms with Crippen molar-refractivity contribution in [1.29, 1.82) is 0 Å². The molecule has 0 aliphatic rings. The lowest BCUT2D eigenvalue weighted by atomic mass is 10.2. The molecule has 2 heterocycles. The zero-order valence-electron chi connectivity index (χ0n) is 12.9. The van der Waals surface area contributed by atoms with Crippen molar-refractivity contribution in [2.45, 2.75) is 6.54 Å². The number of para-hydroxylation sites is 1. The summed E-state index contributed by atoms with van der Waals surface area (Å²) in [5, 5.41) is 4.88. The van der Waals surface area contributed by atoms with E-state index in [1.807, 2.05) is 30.3 Å². The molecule has 2 aromatic carbocycles. The monoisotopic (exact) mass is 354 g/mol. The van der Waals surface area contributed by atoms with Crippen LogP contribution >= 0.6 is 11.6 Å². The maximum atomic E-state index is 14.0. The summed E-state index contributed by atoms with van der Waals surface area (Å²) in [4.78, 5) is 17.0. The minimum absolute atomic E-state index is 0.00377. The molecule has 4 aromatic rings. The molecule has 0 N–H and O–H groups in total. The predicted octanol–water partition coefficient (Wildman–Crippen LogP) is 3.42. The van der Waals surface area contributed by atoms with Crippen molar-refractivity contribution < 1.29 is 4.39 Å². The third-order valence-corrected chi connectivity index (χ3v) is 4.30. The van der Waals surface area contributed by atoms with Crippen molar-refractivity contribution >= 4 is 22.6 Å². The first-order chi connectivity index (χ1) is 12.1. The van der Waals surface area contributed by atoms with Gasteiger partial charge in [0.25, 0.3) is 5.56 Å². The number of hydrogen-bond donors (Lipinski definition) is 0. The molecule has 5 nitrogen and oxygen atoms in total. The van der Waals surface area contributed by atoms with Gasteiger partial charge in [0.2, 0.25) is 0 Å². The Balaban J connectivity index is 1.81. The number of nitrogens with zero attached hydrogens (tertiary/aromatic N) is 4. The summed E-state index contributed by atoms with van der Waals surface area (Å²) in [6, 6.07) is 13.8. The van der Waals surface area contributed by atoms with Crippen LogP contribution in [0.15, 0.2) is 65.8 Å². The largest absolute Gasteiger partial charge is 0.294 e. The van der Waals surface area contributed by atoms with Crippen molar-refractivity contribution in [3.63, 3.8) is 0 Å². The summed E-state index contributed by atoms with van der Waals surface area (Å²) >= 11 is 6.04. The first-order valence-electron chi connectivity index (χ1n) is 7.56. The fourth-order valence-electron chi connectivity index (χ4n) is 2.67. The minimum atomic E-state index is -0.459. The van der Waals surface area contributed by atoms with Crippen LogP contribution < -0.4 is 5.56 Å². The van der Waals surface area contributed by atoms with Crippen molar-refractivity contribution in [1.82, 2.24) is 19.3 Å². The number of halogens is 2. The molecule has 0 bridgehead atoms. The van der Waals surface area contributed by atoms with Crippen molar-refractivity contribution in [3.05, 3.63) is 87.8 Å². The summed E-state index contributed by atoms with van der Waals surface area (Å²) in [5.41, 5.74) is 1.21. The van der Waals surface area contributed by atoms with Gasteiger partial charge < -0.3 is 0 Å². The average molecular weight is 355 g/mol. The van der Waals surface area contributed by atoms with Gasteiger partial charge in [0.15, 0.2) is 5.65 Å². The van der Waals surface area contributed by atoms with Gasteiger partial charge in [0, 0.05) is 10.6 Å². The van der Waals surface area contributed by atoms with Crippen molar-refractivity contribution in [2.24, 2.45) is 0 Å². The molecule has 4 rings (SSSR count). The van der Waals surface area contributed by atoms with E-state index in [1.165, 1.54) is 29.2 Å². The van der Waals surface area contributed by atoms with Crippen LogP contribution in [0.4, 0.5) is 4.39 Å². The Hall–Kier alpha value is -2.99. The highest BCUT2D eigenvalue weighted by atomic mass is 35.5. The van der Waals surface area contributed by atoms with Crippen LogP contribution in [0, 0.1) is 5.82 Å². The fraction of sp³-hybridized carbons (Fsp3) is 0.0556. The Bertz CT molecular complexity index is 1100. The van der Waals surface area contributed by atoms with E-state index in [-0.39, 0.29) is 22.7 Å². The van der Waals surface area contributed by atoms with Gasteiger partial charge in [-0.15, -0.1) is 0 Å². The molecular formula is C18H12ClFN4O. The molecule has 0 amide bonds. The number of aromatic nitrogens is 4. The molecule has 0 saturated heterocycles. The molecule has 0 atom stereocenters. The van der Waals surface area contributed by atoms with E-state index < -0.39 is 5.82 Å². The lowest BCUT2D eigenvalue weighted by Crippen LogP contribution is -2.21. The normalized spacial score (nSPS) is 11.1. The second-order valence-electron chi connectivity index (χ2n) is 5.51. The molecule has 124 valence electrons. The summed E-state index contributed by atoms with van der Waals surface area (Å²) in [5.74, 6) is -0.459. The second kappa shape index (κ2) is 6.14. The Kier molecular flexibility index (Phi) is 3.82. The first-order valence-corrected chi connectivity index (χ1v) is 7.94. The van der Waals surface area contributed by atoms with Gasteiger partial charge in [0.1, 0.15) is 17.5 Å². The number of benzene rings is 2. The second-order valence-corrected chi connectivity index (χ2v) is 5.91. The molecule has 0 saturated carbocycles. The molecular weight excluding hydrogens is 343 g/mol. The van der Waals surface area contributed by atoms with E-state index >= 15 is 0 Å². The van der Waals surface area contributed by atoms with E-state index in [1.54, 1.807) is 10.7 Å². The topological polar surface area (TPSA) is 52.7 Å². The average Bonchev–Trinajstić information content (AvgIpc) is 3.06. The van der Waals surface area contributed by atoms with Crippen molar-refractivity contribution in [3.8, 4) is 5.69 Å². The van der Waals surface area contributed by atoms with Crippen molar-refractivity contribution in [2.75, 3.05) is 0 Å². The minimum Gasteiger partial charge on any atom is -0.294 e. The van der Waals surface area contributed by atoms with Crippen LogP contribution in [0.5, 0.6) is 0 Å². The third-order valence-electron chi connectivity index (χ3n) is 3.95. The zero-order chi connectivity index (χ0) is 17.4. The maximum absolute atomic E-state index is 14.0. The van der Waals surface area contributed by atoms with Gasteiger partial charge in [-0.05, 0) is 24.3 Å². The van der Waals surface area contributed by atoms with Gasteiger partial charge in [-0.1, -0.05) is 35.9 Å². The first kappa shape index (κ1) is 15.5. The summed E-state index contributed by atoms with van der Waals surface area (Å²) in [7, 11) is 0. The number of rotatable bonds is 3. The molecule has 0 aliphatic carbocycles. The maximum Gasteiger partial charge on any atom is 0.264 e. The standard InChI is InChI=1S/C18H12ClFN4O/c19-15-7-4-8-16(20)14(15)10-23-11-21-17-13(18(23)25)9-22-24(17)12-5-2-1-3-6-12/h1-9,11H,10H2. The van der Waals surface area contributed by atoms with Gasteiger partial charge in [-0.25, -0.2) is 14.1 Å². The van der Waals surface area contributed by atoms with Crippen LogP contribution in [0.25, 0.3) is 16.7 Å². The van der Waals surface area contributed by atoms with Crippen LogP contribution in [0.2, 0.25) is 5.02 Å². The van der Waals surface area contributed by atoms with E-state index in [0.717, 1.165) is 5.69 Å². The molecule has 0 fully saturated rings. The molecule has 0 unspecified atom stereocenters. The van der Waals surface area contributed by atoms with Crippen LogP contribution in [0.1, 0.15) is 5.56 Å². The van der Waals surface area contributed by atoms with E-state index in [9.17, 15) is 9.18 Å². The predicted molar refractivity (Wildman–Crippen MR) is 93.6 cm³/mol.